The number of halogens is 2. The quantitative estimate of drug-likeness (QED) is 0.539. The zero-order valence-electron chi connectivity index (χ0n) is 17.6. The third kappa shape index (κ3) is 5.53. The van der Waals surface area contributed by atoms with Gasteiger partial charge in [-0.05, 0) is 66.3 Å². The van der Waals surface area contributed by atoms with Crippen LogP contribution in [-0.4, -0.2) is 50.5 Å². The summed E-state index contributed by atoms with van der Waals surface area (Å²) < 4.78 is 16.2. The first-order chi connectivity index (χ1) is 15.0. The summed E-state index contributed by atoms with van der Waals surface area (Å²) in [5.41, 5.74) is 4.23. The average Bonchev–Trinajstić information content (AvgIpc) is 3.17. The summed E-state index contributed by atoms with van der Waals surface area (Å²) in [6.07, 6.45) is 14.6. The van der Waals surface area contributed by atoms with Crippen LogP contribution in [0.3, 0.4) is 0 Å². The van der Waals surface area contributed by atoms with E-state index in [1.54, 1.807) is 6.26 Å². The number of allylic oxidation sites excluding steroid dienone is 7. The van der Waals surface area contributed by atoms with Gasteiger partial charge in [0.05, 0.1) is 13.4 Å². The molecular formula is C24H27Cl2NO4. The van der Waals surface area contributed by atoms with Crippen LogP contribution < -0.4 is 0 Å². The minimum atomic E-state index is -0.201. The normalized spacial score (nSPS) is 27.5. The Balaban J connectivity index is 1.51. The number of hydrogen-bond acceptors (Lipinski definition) is 5. The van der Waals surface area contributed by atoms with Crippen LogP contribution in [0, 0.1) is 5.92 Å². The maximum absolute atomic E-state index is 11.5. The van der Waals surface area contributed by atoms with Gasteiger partial charge in [0.25, 0.3) is 0 Å². The van der Waals surface area contributed by atoms with Crippen LogP contribution in [0.25, 0.3) is 0 Å². The maximum atomic E-state index is 11.5. The lowest BCUT2D eigenvalue weighted by Gasteiger charge is -2.29. The molecule has 166 valence electrons. The molecule has 0 amide bonds. The lowest BCUT2D eigenvalue weighted by Crippen LogP contribution is -2.23. The Bertz CT molecular complexity index is 913. The summed E-state index contributed by atoms with van der Waals surface area (Å²) in [4.78, 5) is 13.9. The molecule has 2 atom stereocenters. The molecule has 0 aromatic carbocycles. The molecule has 0 spiro atoms. The number of ether oxygens (including phenoxy) is 3. The number of hydrogen-bond donors (Lipinski definition) is 0. The molecule has 1 saturated heterocycles. The van der Waals surface area contributed by atoms with E-state index in [2.05, 4.69) is 11.0 Å². The molecule has 0 N–H and O–H groups in total. The van der Waals surface area contributed by atoms with E-state index in [1.165, 1.54) is 7.11 Å². The molecule has 0 aromatic heterocycles. The number of likely N-dealkylation sites (tertiary alicyclic amines) is 1. The van der Waals surface area contributed by atoms with Crippen LogP contribution in [0.5, 0.6) is 0 Å². The summed E-state index contributed by atoms with van der Waals surface area (Å²) in [5.74, 6) is 0.260. The number of methoxy groups -OCH3 is 1. The van der Waals surface area contributed by atoms with E-state index < -0.39 is 0 Å². The van der Waals surface area contributed by atoms with Crippen molar-refractivity contribution in [3.05, 3.63) is 69.0 Å². The number of rotatable bonds is 5. The Labute approximate surface area is 193 Å². The van der Waals surface area contributed by atoms with Crippen LogP contribution in [0.1, 0.15) is 25.7 Å². The van der Waals surface area contributed by atoms with E-state index in [0.717, 1.165) is 59.8 Å². The summed E-state index contributed by atoms with van der Waals surface area (Å²) in [7, 11) is 1.45. The van der Waals surface area contributed by atoms with Gasteiger partial charge >= 0.3 is 5.97 Å². The van der Waals surface area contributed by atoms with Gasteiger partial charge in [0.15, 0.2) is 6.79 Å². The van der Waals surface area contributed by atoms with Crippen molar-refractivity contribution in [2.45, 2.75) is 31.8 Å². The van der Waals surface area contributed by atoms with Gasteiger partial charge in [-0.15, -0.1) is 0 Å². The fourth-order valence-corrected chi connectivity index (χ4v) is 5.00. The predicted octanol–water partition coefficient (Wildman–Crippen LogP) is 4.96. The zero-order chi connectivity index (χ0) is 21.8. The number of carbonyl (C=O) groups is 1. The smallest absolute Gasteiger partial charge is 0.305 e. The van der Waals surface area contributed by atoms with Gasteiger partial charge in [0.1, 0.15) is 6.10 Å². The number of nitrogens with zero attached hydrogens (tertiary/aromatic N) is 1. The Morgan fingerprint density at radius 2 is 2.23 bits per heavy atom. The second-order valence-corrected chi connectivity index (χ2v) is 9.11. The van der Waals surface area contributed by atoms with E-state index >= 15 is 0 Å². The van der Waals surface area contributed by atoms with Gasteiger partial charge in [-0.25, -0.2) is 0 Å². The lowest BCUT2D eigenvalue weighted by atomic mass is 9.83. The van der Waals surface area contributed by atoms with Gasteiger partial charge in [-0.1, -0.05) is 29.3 Å². The third-order valence-corrected chi connectivity index (χ3v) is 6.49. The highest BCUT2D eigenvalue weighted by Gasteiger charge is 2.28. The molecular weight excluding hydrogens is 437 g/mol. The maximum Gasteiger partial charge on any atom is 0.305 e. The minimum absolute atomic E-state index is 0.123. The molecule has 2 aliphatic heterocycles. The SMILES string of the molecule is COC(=O)CC1CCN(CCC=C2CC(Cl)=CC3=COCOC4C=CC(Cl)=CC4=C32)C1. The summed E-state index contributed by atoms with van der Waals surface area (Å²) >= 11 is 12.8. The van der Waals surface area contributed by atoms with Gasteiger partial charge < -0.3 is 19.1 Å². The molecule has 0 aromatic rings. The molecule has 1 fully saturated rings. The van der Waals surface area contributed by atoms with Crippen molar-refractivity contribution in [3.8, 4) is 0 Å². The van der Waals surface area contributed by atoms with Crippen LogP contribution in [0.2, 0.25) is 0 Å². The molecule has 0 radical (unpaired) electrons. The molecule has 7 heteroatoms. The number of carbonyl (C=O) groups excluding carboxylic acids is 1. The van der Waals surface area contributed by atoms with Gasteiger partial charge in [-0.2, -0.15) is 0 Å². The minimum Gasteiger partial charge on any atom is -0.474 e. The molecule has 31 heavy (non-hydrogen) atoms. The van der Waals surface area contributed by atoms with Crippen LogP contribution >= 0.6 is 23.2 Å². The van der Waals surface area contributed by atoms with E-state index in [-0.39, 0.29) is 18.9 Å². The van der Waals surface area contributed by atoms with E-state index in [4.69, 9.17) is 37.4 Å². The van der Waals surface area contributed by atoms with Crippen molar-refractivity contribution < 1.29 is 19.0 Å². The second-order valence-electron chi connectivity index (χ2n) is 8.19. The van der Waals surface area contributed by atoms with Crippen LogP contribution in [0.4, 0.5) is 0 Å². The lowest BCUT2D eigenvalue weighted by molar-refractivity contribution is -0.141. The average molecular weight is 464 g/mol. The fraction of sp³-hybridized carbons (Fsp3) is 0.458. The van der Waals surface area contributed by atoms with Crippen molar-refractivity contribution in [3.63, 3.8) is 0 Å². The van der Waals surface area contributed by atoms with Crippen molar-refractivity contribution in [1.82, 2.24) is 4.90 Å². The fourth-order valence-electron chi connectivity index (χ4n) is 4.55. The second kappa shape index (κ2) is 10.2. The van der Waals surface area contributed by atoms with Crippen molar-refractivity contribution in [1.29, 1.82) is 0 Å². The topological polar surface area (TPSA) is 48.0 Å². The number of fused-ring (bicyclic) bond motifs is 2. The largest absolute Gasteiger partial charge is 0.474 e. The first-order valence-corrected chi connectivity index (χ1v) is 11.4. The standard InChI is InChI=1S/C24H27Cl2NO4/c1-29-23(28)9-16-6-8-27(13-16)7-2-3-17-10-20(26)11-18-14-30-15-31-22-5-4-19(25)12-21(22)24(17)18/h3-5,11-12,14,16,22H,2,6-10,13,15H2,1H3. The Hall–Kier alpha value is -1.79. The molecule has 2 aliphatic carbocycles. The molecule has 0 bridgehead atoms. The molecule has 5 nitrogen and oxygen atoms in total. The molecule has 2 unspecified atom stereocenters. The van der Waals surface area contributed by atoms with Crippen LogP contribution in [-0.2, 0) is 19.0 Å². The van der Waals surface area contributed by atoms with Gasteiger partial charge in [0.2, 0.25) is 0 Å². The van der Waals surface area contributed by atoms with E-state index in [0.29, 0.717) is 23.8 Å². The molecule has 4 rings (SSSR count). The summed E-state index contributed by atoms with van der Waals surface area (Å²) in [6, 6.07) is 0. The molecule has 2 heterocycles. The zero-order valence-corrected chi connectivity index (χ0v) is 19.1. The van der Waals surface area contributed by atoms with E-state index in [1.807, 2.05) is 24.3 Å². The monoisotopic (exact) mass is 463 g/mol. The highest BCUT2D eigenvalue weighted by molar-refractivity contribution is 6.31. The predicted molar refractivity (Wildman–Crippen MR) is 121 cm³/mol. The third-order valence-electron chi connectivity index (χ3n) is 6.02. The van der Waals surface area contributed by atoms with E-state index in [9.17, 15) is 4.79 Å². The van der Waals surface area contributed by atoms with Crippen molar-refractivity contribution in [2.24, 2.45) is 5.92 Å². The van der Waals surface area contributed by atoms with Gasteiger partial charge in [0, 0.05) is 41.6 Å². The number of esters is 1. The van der Waals surface area contributed by atoms with Crippen LogP contribution in [0.15, 0.2) is 69.0 Å². The summed E-state index contributed by atoms with van der Waals surface area (Å²) in [5, 5.41) is 1.46. The molecule has 0 saturated carbocycles. The van der Waals surface area contributed by atoms with Crippen molar-refractivity contribution in [2.75, 3.05) is 33.5 Å². The molecule has 4 aliphatic rings. The van der Waals surface area contributed by atoms with Crippen molar-refractivity contribution >= 4 is 29.2 Å². The van der Waals surface area contributed by atoms with Gasteiger partial charge in [-0.3, -0.25) is 4.79 Å². The Morgan fingerprint density at radius 1 is 1.35 bits per heavy atom. The highest BCUT2D eigenvalue weighted by atomic mass is 35.5. The Kier molecular flexibility index (Phi) is 7.39. The highest BCUT2D eigenvalue weighted by Crippen LogP contribution is 2.40. The summed E-state index contributed by atoms with van der Waals surface area (Å²) in [6.45, 7) is 3.06. The first-order valence-electron chi connectivity index (χ1n) is 10.6. The Morgan fingerprint density at radius 3 is 3.06 bits per heavy atom. The first kappa shape index (κ1) is 22.4.